The smallest absolute Gasteiger partial charge is 0.338 e. The third-order valence-electron chi connectivity index (χ3n) is 3.36. The second-order valence-corrected chi connectivity index (χ2v) is 5.00. The zero-order chi connectivity index (χ0) is 17.6. The van der Waals surface area contributed by atoms with E-state index in [1.807, 2.05) is 6.07 Å². The zero-order valence-electron chi connectivity index (χ0n) is 13.3. The number of nitrogens with zero attached hydrogens (tertiary/aromatic N) is 3. The number of hydrogen-bond acceptors (Lipinski definition) is 7. The fraction of sp³-hybridized carbons (Fsp3) is 0.111. The number of nitriles is 1. The predicted molar refractivity (Wildman–Crippen MR) is 86.6 cm³/mol. The minimum absolute atomic E-state index is 0.154. The summed E-state index contributed by atoms with van der Waals surface area (Å²) in [7, 11) is 1.58. The highest BCUT2D eigenvalue weighted by atomic mass is 16.5. The maximum absolute atomic E-state index is 12.0. The summed E-state index contributed by atoms with van der Waals surface area (Å²) in [5, 5.41) is 16.6. The van der Waals surface area contributed by atoms with Gasteiger partial charge in [0.2, 0.25) is 5.89 Å². The Kier molecular flexibility index (Phi) is 4.72. The van der Waals surface area contributed by atoms with Crippen molar-refractivity contribution in [3.63, 3.8) is 0 Å². The van der Waals surface area contributed by atoms with Crippen LogP contribution in [0.2, 0.25) is 0 Å². The van der Waals surface area contributed by atoms with Crippen LogP contribution in [0.15, 0.2) is 52.9 Å². The Bertz CT molecular complexity index is 926. The SMILES string of the molecule is COc1ccc(-c2nnc(COC(=O)c3cccc(C#N)c3)o2)cc1. The molecule has 0 saturated heterocycles. The van der Waals surface area contributed by atoms with E-state index in [4.69, 9.17) is 19.2 Å². The predicted octanol–water partition coefficient (Wildman–Crippen LogP) is 2.97. The highest BCUT2D eigenvalue weighted by Gasteiger charge is 2.13. The standard InChI is InChI=1S/C18H13N3O4/c1-23-15-7-5-13(6-8-15)17-21-20-16(25-17)11-24-18(22)14-4-2-3-12(9-14)10-19/h2-9H,11H2,1H3. The van der Waals surface area contributed by atoms with Crippen molar-refractivity contribution in [1.82, 2.24) is 10.2 Å². The van der Waals surface area contributed by atoms with Gasteiger partial charge in [-0.05, 0) is 42.5 Å². The van der Waals surface area contributed by atoms with Crippen molar-refractivity contribution in [3.05, 3.63) is 65.5 Å². The van der Waals surface area contributed by atoms with Gasteiger partial charge in [-0.2, -0.15) is 5.26 Å². The summed E-state index contributed by atoms with van der Waals surface area (Å²) in [6.07, 6.45) is 0. The van der Waals surface area contributed by atoms with Crippen LogP contribution < -0.4 is 4.74 Å². The topological polar surface area (TPSA) is 98.2 Å². The molecule has 0 N–H and O–H groups in total. The quantitative estimate of drug-likeness (QED) is 0.661. The Balaban J connectivity index is 1.65. The van der Waals surface area contributed by atoms with E-state index in [0.717, 1.165) is 11.3 Å². The molecule has 1 aromatic heterocycles. The molecule has 124 valence electrons. The van der Waals surface area contributed by atoms with Crippen LogP contribution in [0.3, 0.4) is 0 Å². The number of carbonyl (C=O) groups excluding carboxylic acids is 1. The monoisotopic (exact) mass is 335 g/mol. The van der Waals surface area contributed by atoms with E-state index in [0.29, 0.717) is 11.5 Å². The van der Waals surface area contributed by atoms with Crippen molar-refractivity contribution in [1.29, 1.82) is 5.26 Å². The van der Waals surface area contributed by atoms with Crippen LogP contribution in [0.1, 0.15) is 21.8 Å². The average Bonchev–Trinajstić information content (AvgIpc) is 3.15. The molecular weight excluding hydrogens is 322 g/mol. The fourth-order valence-corrected chi connectivity index (χ4v) is 2.09. The maximum Gasteiger partial charge on any atom is 0.338 e. The van der Waals surface area contributed by atoms with E-state index in [1.165, 1.54) is 6.07 Å². The van der Waals surface area contributed by atoms with Gasteiger partial charge in [-0.15, -0.1) is 10.2 Å². The Morgan fingerprint density at radius 3 is 2.72 bits per heavy atom. The molecule has 0 aliphatic heterocycles. The summed E-state index contributed by atoms with van der Waals surface area (Å²) in [4.78, 5) is 12.0. The Morgan fingerprint density at radius 2 is 2.00 bits per heavy atom. The van der Waals surface area contributed by atoms with Gasteiger partial charge in [0.15, 0.2) is 6.61 Å². The summed E-state index contributed by atoms with van der Waals surface area (Å²) < 4.78 is 15.7. The number of methoxy groups -OCH3 is 1. The van der Waals surface area contributed by atoms with Crippen LogP contribution in [0.4, 0.5) is 0 Å². The van der Waals surface area contributed by atoms with Crippen molar-refractivity contribution in [2.75, 3.05) is 7.11 Å². The number of ether oxygens (including phenoxy) is 2. The Hall–Kier alpha value is -3.66. The number of carbonyl (C=O) groups is 1. The Morgan fingerprint density at radius 1 is 1.20 bits per heavy atom. The first kappa shape index (κ1) is 16.2. The molecule has 7 nitrogen and oxygen atoms in total. The maximum atomic E-state index is 12.0. The lowest BCUT2D eigenvalue weighted by molar-refractivity contribution is 0.0438. The summed E-state index contributed by atoms with van der Waals surface area (Å²) in [6, 6.07) is 15.3. The number of aromatic nitrogens is 2. The lowest BCUT2D eigenvalue weighted by Gasteiger charge is -2.02. The van der Waals surface area contributed by atoms with Crippen LogP contribution in [-0.4, -0.2) is 23.3 Å². The van der Waals surface area contributed by atoms with Crippen molar-refractivity contribution in [3.8, 4) is 23.3 Å². The number of esters is 1. The fourth-order valence-electron chi connectivity index (χ4n) is 2.09. The van der Waals surface area contributed by atoms with Gasteiger partial charge in [0.25, 0.3) is 5.89 Å². The molecule has 0 radical (unpaired) electrons. The normalized spacial score (nSPS) is 10.1. The van der Waals surface area contributed by atoms with Gasteiger partial charge in [-0.25, -0.2) is 4.79 Å². The van der Waals surface area contributed by atoms with Gasteiger partial charge >= 0.3 is 5.97 Å². The molecule has 2 aromatic carbocycles. The third-order valence-corrected chi connectivity index (χ3v) is 3.36. The van der Waals surface area contributed by atoms with Crippen LogP contribution in [0.25, 0.3) is 11.5 Å². The van der Waals surface area contributed by atoms with Gasteiger partial charge in [0, 0.05) is 5.56 Å². The molecule has 7 heteroatoms. The first-order valence-electron chi connectivity index (χ1n) is 7.33. The Labute approximate surface area is 143 Å². The van der Waals surface area contributed by atoms with E-state index < -0.39 is 5.97 Å². The molecule has 0 aliphatic rings. The third kappa shape index (κ3) is 3.82. The average molecular weight is 335 g/mol. The molecule has 0 bridgehead atoms. The highest BCUT2D eigenvalue weighted by Crippen LogP contribution is 2.21. The first-order valence-corrected chi connectivity index (χ1v) is 7.33. The zero-order valence-corrected chi connectivity index (χ0v) is 13.3. The molecule has 25 heavy (non-hydrogen) atoms. The first-order chi connectivity index (χ1) is 12.2. The van der Waals surface area contributed by atoms with E-state index in [9.17, 15) is 4.79 Å². The van der Waals surface area contributed by atoms with Gasteiger partial charge in [-0.1, -0.05) is 6.07 Å². The van der Waals surface area contributed by atoms with Crippen LogP contribution in [0, 0.1) is 11.3 Å². The van der Waals surface area contributed by atoms with E-state index in [2.05, 4.69) is 10.2 Å². The second-order valence-electron chi connectivity index (χ2n) is 5.00. The van der Waals surface area contributed by atoms with Gasteiger partial charge in [0.05, 0.1) is 24.3 Å². The highest BCUT2D eigenvalue weighted by molar-refractivity contribution is 5.89. The van der Waals surface area contributed by atoms with Gasteiger partial charge in [-0.3, -0.25) is 0 Å². The van der Waals surface area contributed by atoms with Gasteiger partial charge < -0.3 is 13.9 Å². The molecule has 3 aromatic rings. The van der Waals surface area contributed by atoms with Crippen LogP contribution >= 0.6 is 0 Å². The molecule has 0 aliphatic carbocycles. The summed E-state index contributed by atoms with van der Waals surface area (Å²) in [5.41, 5.74) is 1.40. The van der Waals surface area contributed by atoms with E-state index in [-0.39, 0.29) is 18.1 Å². The van der Waals surface area contributed by atoms with Gasteiger partial charge in [0.1, 0.15) is 5.75 Å². The molecule has 0 saturated carbocycles. The summed E-state index contributed by atoms with van der Waals surface area (Å²) in [5.74, 6) is 0.647. The minimum atomic E-state index is -0.568. The largest absolute Gasteiger partial charge is 0.497 e. The van der Waals surface area contributed by atoms with E-state index in [1.54, 1.807) is 49.6 Å². The van der Waals surface area contributed by atoms with Crippen molar-refractivity contribution in [2.45, 2.75) is 6.61 Å². The number of benzene rings is 2. The molecule has 0 amide bonds. The molecular formula is C18H13N3O4. The van der Waals surface area contributed by atoms with Crippen LogP contribution in [-0.2, 0) is 11.3 Å². The molecule has 0 unspecified atom stereocenters. The minimum Gasteiger partial charge on any atom is -0.497 e. The molecule has 3 rings (SSSR count). The lowest BCUT2D eigenvalue weighted by atomic mass is 10.1. The number of hydrogen-bond donors (Lipinski definition) is 0. The lowest BCUT2D eigenvalue weighted by Crippen LogP contribution is -2.05. The molecule has 0 spiro atoms. The van der Waals surface area contributed by atoms with Crippen molar-refractivity contribution in [2.24, 2.45) is 0 Å². The molecule has 0 atom stereocenters. The van der Waals surface area contributed by atoms with Crippen molar-refractivity contribution >= 4 is 5.97 Å². The van der Waals surface area contributed by atoms with E-state index >= 15 is 0 Å². The number of rotatable bonds is 5. The molecule has 0 fully saturated rings. The second kappa shape index (κ2) is 7.27. The van der Waals surface area contributed by atoms with Crippen molar-refractivity contribution < 1.29 is 18.7 Å². The van der Waals surface area contributed by atoms with Crippen LogP contribution in [0.5, 0.6) is 5.75 Å². The summed E-state index contributed by atoms with van der Waals surface area (Å²) >= 11 is 0. The molecule has 1 heterocycles. The summed E-state index contributed by atoms with van der Waals surface area (Å²) in [6.45, 7) is -0.154.